The molecule has 0 amide bonds. The van der Waals surface area contributed by atoms with Crippen molar-refractivity contribution in [2.24, 2.45) is 0 Å². The highest BCUT2D eigenvalue weighted by Gasteiger charge is 2.07. The van der Waals surface area contributed by atoms with Crippen LogP contribution in [-0.4, -0.2) is 11.6 Å². The third-order valence-corrected chi connectivity index (χ3v) is 4.48. The topological polar surface area (TPSA) is 22.1 Å². The Bertz CT molecular complexity index is 719. The number of rotatable bonds is 4. The molecule has 0 fully saturated rings. The lowest BCUT2D eigenvalue weighted by Gasteiger charge is -2.03. The number of hydrogen-bond donors (Lipinski definition) is 0. The average molecular weight is 360 g/mol. The van der Waals surface area contributed by atoms with E-state index in [1.807, 2.05) is 31.2 Å². The van der Waals surface area contributed by atoms with Gasteiger partial charge in [0.15, 0.2) is 0 Å². The summed E-state index contributed by atoms with van der Waals surface area (Å²) in [6.07, 6.45) is 0. The van der Waals surface area contributed by atoms with E-state index in [1.165, 1.54) is 0 Å². The number of hydrogen-bond acceptors (Lipinski definition) is 3. The standard InChI is InChI=1S/C17H14BrNOS/c1-2-20-15-9-5-13(6-10-15)17-19-16(11-21-17)12-3-7-14(18)8-4-12/h3-11H,2H2,1H3. The number of halogens is 1. The summed E-state index contributed by atoms with van der Waals surface area (Å²) in [6, 6.07) is 16.3. The van der Waals surface area contributed by atoms with Crippen molar-refractivity contribution in [2.75, 3.05) is 6.61 Å². The van der Waals surface area contributed by atoms with Crippen molar-refractivity contribution in [1.29, 1.82) is 0 Å². The van der Waals surface area contributed by atoms with Gasteiger partial charge in [-0.25, -0.2) is 4.98 Å². The molecule has 3 rings (SSSR count). The van der Waals surface area contributed by atoms with Crippen LogP contribution in [0.3, 0.4) is 0 Å². The zero-order valence-corrected chi connectivity index (χ0v) is 13.9. The van der Waals surface area contributed by atoms with Gasteiger partial charge in [-0.1, -0.05) is 28.1 Å². The number of nitrogens with zero attached hydrogens (tertiary/aromatic N) is 1. The molecule has 3 aromatic rings. The quantitative estimate of drug-likeness (QED) is 0.601. The maximum atomic E-state index is 5.46. The molecule has 0 saturated carbocycles. The lowest BCUT2D eigenvalue weighted by molar-refractivity contribution is 0.340. The molecular weight excluding hydrogens is 346 g/mol. The van der Waals surface area contributed by atoms with E-state index in [2.05, 4.69) is 45.6 Å². The predicted octanol–water partition coefficient (Wildman–Crippen LogP) is 5.64. The zero-order valence-electron chi connectivity index (χ0n) is 11.5. The lowest BCUT2D eigenvalue weighted by Crippen LogP contribution is -1.90. The van der Waals surface area contributed by atoms with Crippen molar-refractivity contribution in [3.8, 4) is 27.6 Å². The van der Waals surface area contributed by atoms with Gasteiger partial charge in [-0.2, -0.15) is 0 Å². The second-order valence-corrected chi connectivity index (χ2v) is 6.28. The molecule has 4 heteroatoms. The van der Waals surface area contributed by atoms with E-state index in [-0.39, 0.29) is 0 Å². The van der Waals surface area contributed by atoms with Gasteiger partial charge in [0.25, 0.3) is 0 Å². The van der Waals surface area contributed by atoms with Gasteiger partial charge in [-0.15, -0.1) is 11.3 Å². The van der Waals surface area contributed by atoms with Crippen molar-refractivity contribution in [3.05, 3.63) is 58.4 Å². The number of aromatic nitrogens is 1. The van der Waals surface area contributed by atoms with Crippen molar-refractivity contribution in [2.45, 2.75) is 6.92 Å². The zero-order chi connectivity index (χ0) is 14.7. The molecule has 1 heterocycles. The largest absolute Gasteiger partial charge is 0.494 e. The summed E-state index contributed by atoms with van der Waals surface area (Å²) in [5.41, 5.74) is 3.26. The fourth-order valence-corrected chi connectivity index (χ4v) is 3.12. The molecular formula is C17H14BrNOS. The van der Waals surface area contributed by atoms with Gasteiger partial charge in [0.1, 0.15) is 10.8 Å². The minimum atomic E-state index is 0.685. The predicted molar refractivity (Wildman–Crippen MR) is 91.9 cm³/mol. The van der Waals surface area contributed by atoms with E-state index in [9.17, 15) is 0 Å². The highest BCUT2D eigenvalue weighted by molar-refractivity contribution is 9.10. The Labute approximate surface area is 136 Å². The molecule has 0 saturated heterocycles. The van der Waals surface area contributed by atoms with Crippen molar-refractivity contribution >= 4 is 27.3 Å². The first kappa shape index (κ1) is 14.3. The first-order chi connectivity index (χ1) is 10.3. The molecule has 0 aliphatic carbocycles. The molecule has 0 spiro atoms. The van der Waals surface area contributed by atoms with Gasteiger partial charge in [0, 0.05) is 21.0 Å². The van der Waals surface area contributed by atoms with E-state index in [4.69, 9.17) is 9.72 Å². The molecule has 0 bridgehead atoms. The number of benzene rings is 2. The average Bonchev–Trinajstić information content (AvgIpc) is 2.99. The van der Waals surface area contributed by atoms with E-state index in [0.29, 0.717) is 6.61 Å². The van der Waals surface area contributed by atoms with Crippen molar-refractivity contribution < 1.29 is 4.74 Å². The summed E-state index contributed by atoms with van der Waals surface area (Å²) in [4.78, 5) is 4.72. The Morgan fingerprint density at radius 2 is 1.67 bits per heavy atom. The molecule has 0 aliphatic rings. The van der Waals surface area contributed by atoms with Gasteiger partial charge in [-0.3, -0.25) is 0 Å². The van der Waals surface area contributed by atoms with Gasteiger partial charge in [0.05, 0.1) is 12.3 Å². The van der Waals surface area contributed by atoms with Gasteiger partial charge >= 0.3 is 0 Å². The SMILES string of the molecule is CCOc1ccc(-c2nc(-c3ccc(Br)cc3)cs2)cc1. The monoisotopic (exact) mass is 359 g/mol. The first-order valence-corrected chi connectivity index (χ1v) is 8.38. The van der Waals surface area contributed by atoms with E-state index in [1.54, 1.807) is 11.3 Å². The van der Waals surface area contributed by atoms with Crippen LogP contribution in [0.5, 0.6) is 5.75 Å². The van der Waals surface area contributed by atoms with E-state index >= 15 is 0 Å². The van der Waals surface area contributed by atoms with Crippen molar-refractivity contribution in [1.82, 2.24) is 4.98 Å². The smallest absolute Gasteiger partial charge is 0.124 e. The van der Waals surface area contributed by atoms with Crippen LogP contribution in [0.4, 0.5) is 0 Å². The molecule has 21 heavy (non-hydrogen) atoms. The Hall–Kier alpha value is -1.65. The molecule has 1 aromatic heterocycles. The Morgan fingerprint density at radius 3 is 2.33 bits per heavy atom. The first-order valence-electron chi connectivity index (χ1n) is 6.71. The number of ether oxygens (including phenoxy) is 1. The third kappa shape index (κ3) is 3.34. The molecule has 2 nitrogen and oxygen atoms in total. The minimum absolute atomic E-state index is 0.685. The highest BCUT2D eigenvalue weighted by Crippen LogP contribution is 2.30. The summed E-state index contributed by atoms with van der Waals surface area (Å²) in [6.45, 7) is 2.67. The minimum Gasteiger partial charge on any atom is -0.494 e. The third-order valence-electron chi connectivity index (χ3n) is 3.06. The van der Waals surface area contributed by atoms with Crippen LogP contribution >= 0.6 is 27.3 Å². The fourth-order valence-electron chi connectivity index (χ4n) is 2.02. The lowest BCUT2D eigenvalue weighted by atomic mass is 10.2. The van der Waals surface area contributed by atoms with Crippen LogP contribution in [0.2, 0.25) is 0 Å². The van der Waals surface area contributed by atoms with Crippen LogP contribution in [0.15, 0.2) is 58.4 Å². The summed E-state index contributed by atoms with van der Waals surface area (Å²) in [5.74, 6) is 0.894. The Balaban J connectivity index is 1.85. The maximum Gasteiger partial charge on any atom is 0.124 e. The molecule has 0 atom stereocenters. The van der Waals surface area contributed by atoms with Gasteiger partial charge in [0.2, 0.25) is 0 Å². The molecule has 0 aliphatic heterocycles. The summed E-state index contributed by atoms with van der Waals surface area (Å²) in [5, 5.41) is 3.12. The van der Waals surface area contributed by atoms with E-state index in [0.717, 1.165) is 32.1 Å². The summed E-state index contributed by atoms with van der Waals surface area (Å²) < 4.78 is 6.54. The van der Waals surface area contributed by atoms with Crippen LogP contribution in [0.25, 0.3) is 21.8 Å². The second kappa shape index (κ2) is 6.41. The molecule has 0 radical (unpaired) electrons. The number of thiazole rings is 1. The molecule has 0 N–H and O–H groups in total. The fraction of sp³-hybridized carbons (Fsp3) is 0.118. The Morgan fingerprint density at radius 1 is 1.00 bits per heavy atom. The summed E-state index contributed by atoms with van der Waals surface area (Å²) >= 11 is 5.11. The van der Waals surface area contributed by atoms with Crippen LogP contribution in [-0.2, 0) is 0 Å². The maximum absolute atomic E-state index is 5.46. The normalized spacial score (nSPS) is 10.6. The van der Waals surface area contributed by atoms with Crippen molar-refractivity contribution in [3.63, 3.8) is 0 Å². The van der Waals surface area contributed by atoms with Gasteiger partial charge in [-0.05, 0) is 43.3 Å². The van der Waals surface area contributed by atoms with E-state index < -0.39 is 0 Å². The Kier molecular flexibility index (Phi) is 4.36. The molecule has 106 valence electrons. The molecule has 0 unspecified atom stereocenters. The molecule has 2 aromatic carbocycles. The summed E-state index contributed by atoms with van der Waals surface area (Å²) in [7, 11) is 0. The van der Waals surface area contributed by atoms with Crippen LogP contribution < -0.4 is 4.74 Å². The van der Waals surface area contributed by atoms with Crippen LogP contribution in [0.1, 0.15) is 6.92 Å². The van der Waals surface area contributed by atoms with Crippen LogP contribution in [0, 0.1) is 0 Å². The highest BCUT2D eigenvalue weighted by atomic mass is 79.9. The van der Waals surface area contributed by atoms with Gasteiger partial charge < -0.3 is 4.74 Å². The second-order valence-electron chi connectivity index (χ2n) is 4.50.